The number of nitrogens with zero attached hydrogens (tertiary/aromatic N) is 2. The van der Waals surface area contributed by atoms with E-state index in [1.165, 1.54) is 22.3 Å². The fourth-order valence-electron chi connectivity index (χ4n) is 4.71. The molecular weight excluding hydrogens is 338 g/mol. The zero-order valence-electron chi connectivity index (χ0n) is 14.6. The van der Waals surface area contributed by atoms with Crippen molar-refractivity contribution in [2.45, 2.75) is 37.1 Å². The fourth-order valence-corrected chi connectivity index (χ4v) is 4.71. The molecule has 1 N–H and O–H groups in total. The predicted octanol–water partition coefficient (Wildman–Crippen LogP) is 3.10. The van der Waals surface area contributed by atoms with Crippen LogP contribution in [0.4, 0.5) is 0 Å². The summed E-state index contributed by atoms with van der Waals surface area (Å²) >= 11 is 0. The molecule has 2 heterocycles. The molecule has 2 aromatic carbocycles. The van der Waals surface area contributed by atoms with Crippen LogP contribution < -0.4 is 5.32 Å². The van der Waals surface area contributed by atoms with Crippen LogP contribution in [-0.4, -0.2) is 18.1 Å². The van der Waals surface area contributed by atoms with Gasteiger partial charge in [0.05, 0.1) is 6.04 Å². The highest BCUT2D eigenvalue weighted by Gasteiger charge is 2.44. The third-order valence-corrected chi connectivity index (χ3v) is 5.96. The van der Waals surface area contributed by atoms with E-state index < -0.39 is 0 Å². The van der Waals surface area contributed by atoms with Gasteiger partial charge < -0.3 is 14.8 Å². The fraction of sp³-hybridized carbons (Fsp3) is 0.273. The lowest BCUT2D eigenvalue weighted by Gasteiger charge is -2.10. The van der Waals surface area contributed by atoms with Crippen molar-refractivity contribution in [2.75, 3.05) is 0 Å². The van der Waals surface area contributed by atoms with E-state index in [0.717, 1.165) is 12.8 Å². The van der Waals surface area contributed by atoms with Crippen molar-refractivity contribution >= 4 is 5.90 Å². The summed E-state index contributed by atoms with van der Waals surface area (Å²) < 4.78 is 12.2. The summed E-state index contributed by atoms with van der Waals surface area (Å²) in [6.45, 7) is 0. The first kappa shape index (κ1) is 14.9. The van der Waals surface area contributed by atoms with Crippen LogP contribution in [0.25, 0.3) is 0 Å². The second kappa shape index (κ2) is 5.37. The average molecular weight is 355 g/mol. The van der Waals surface area contributed by atoms with E-state index in [0.29, 0.717) is 17.4 Å². The molecule has 2 aliphatic heterocycles. The summed E-state index contributed by atoms with van der Waals surface area (Å²) in [5.41, 5.74) is 5.40. The third-order valence-electron chi connectivity index (χ3n) is 5.96. The molecule has 0 amide bonds. The van der Waals surface area contributed by atoms with Gasteiger partial charge in [-0.25, -0.2) is 4.99 Å². The van der Waals surface area contributed by atoms with Gasteiger partial charge in [0, 0.05) is 12.8 Å². The Bertz CT molecular complexity index is 1070. The number of hydrogen-bond donors (Lipinski definition) is 1. The van der Waals surface area contributed by atoms with E-state index in [9.17, 15) is 5.26 Å². The molecule has 27 heavy (non-hydrogen) atoms. The molecule has 0 aromatic heterocycles. The van der Waals surface area contributed by atoms with Crippen LogP contribution in [-0.2, 0) is 22.3 Å². The number of ether oxygens (including phenoxy) is 2. The first-order valence-electron chi connectivity index (χ1n) is 9.30. The zero-order chi connectivity index (χ0) is 18.0. The molecule has 2 aromatic rings. The van der Waals surface area contributed by atoms with E-state index in [1.54, 1.807) is 0 Å². The molecule has 4 atom stereocenters. The smallest absolute Gasteiger partial charge is 0.233 e. The van der Waals surface area contributed by atoms with Crippen LogP contribution in [0.15, 0.2) is 65.0 Å². The molecule has 5 nitrogen and oxygen atoms in total. The van der Waals surface area contributed by atoms with E-state index in [1.807, 2.05) is 18.2 Å². The second-order valence-corrected chi connectivity index (χ2v) is 7.44. The first-order chi connectivity index (χ1) is 13.3. The SMILES string of the molecule is N#CC(C1=N[C@H]2c3ccccc3C[C@H]2O1)=C1N[C@H]2c3ccccc3C[C@H]2O1. The van der Waals surface area contributed by atoms with Crippen LogP contribution in [0.2, 0.25) is 0 Å². The summed E-state index contributed by atoms with van der Waals surface area (Å²) in [5.74, 6) is 0.895. The van der Waals surface area contributed by atoms with E-state index in [4.69, 9.17) is 14.5 Å². The molecule has 1 fully saturated rings. The van der Waals surface area contributed by atoms with E-state index in [2.05, 4.69) is 41.7 Å². The molecule has 2 aliphatic carbocycles. The standard InChI is InChI=1S/C22H17N3O2/c23-11-16(21-24-19-14-7-3-1-5-12(14)9-17(19)26-21)22-25-20-15-8-4-2-6-13(15)10-18(20)27-22/h1-8,17-20,24H,9-10H2/t17-,18-,19+,20+/m1/s1. The minimum Gasteiger partial charge on any atom is -0.472 e. The molecule has 0 spiro atoms. The van der Waals surface area contributed by atoms with Gasteiger partial charge in [-0.2, -0.15) is 5.26 Å². The van der Waals surface area contributed by atoms with Gasteiger partial charge in [0.25, 0.3) is 0 Å². The molecule has 0 saturated carbocycles. The van der Waals surface area contributed by atoms with E-state index in [-0.39, 0.29) is 24.3 Å². The maximum atomic E-state index is 9.78. The minimum atomic E-state index is -0.0261. The second-order valence-electron chi connectivity index (χ2n) is 7.44. The Morgan fingerprint density at radius 2 is 1.67 bits per heavy atom. The normalized spacial score (nSPS) is 30.7. The van der Waals surface area contributed by atoms with Crippen LogP contribution in [0.5, 0.6) is 0 Å². The highest BCUT2D eigenvalue weighted by atomic mass is 16.5. The molecule has 5 heteroatoms. The largest absolute Gasteiger partial charge is 0.472 e. The third kappa shape index (κ3) is 2.07. The quantitative estimate of drug-likeness (QED) is 0.798. The summed E-state index contributed by atoms with van der Waals surface area (Å²) in [6.07, 6.45) is 1.67. The van der Waals surface area contributed by atoms with Crippen LogP contribution in [0.3, 0.4) is 0 Å². The van der Waals surface area contributed by atoms with Gasteiger partial charge in [-0.05, 0) is 22.3 Å². The molecule has 0 radical (unpaired) electrons. The Morgan fingerprint density at radius 1 is 0.963 bits per heavy atom. The van der Waals surface area contributed by atoms with E-state index >= 15 is 0 Å². The molecule has 1 saturated heterocycles. The van der Waals surface area contributed by atoms with Crippen molar-refractivity contribution in [3.8, 4) is 6.07 Å². The maximum Gasteiger partial charge on any atom is 0.233 e. The Hall–Kier alpha value is -3.26. The summed E-state index contributed by atoms with van der Waals surface area (Å²) in [4.78, 5) is 4.74. The van der Waals surface area contributed by atoms with Crippen molar-refractivity contribution in [3.63, 3.8) is 0 Å². The highest BCUT2D eigenvalue weighted by molar-refractivity contribution is 5.99. The van der Waals surface area contributed by atoms with Crippen molar-refractivity contribution in [3.05, 3.63) is 82.2 Å². The monoisotopic (exact) mass is 355 g/mol. The lowest BCUT2D eigenvalue weighted by molar-refractivity contribution is 0.156. The molecular formula is C22H17N3O2. The molecule has 132 valence electrons. The number of nitriles is 1. The maximum absolute atomic E-state index is 9.78. The van der Waals surface area contributed by atoms with Crippen LogP contribution in [0, 0.1) is 11.3 Å². The van der Waals surface area contributed by atoms with Gasteiger partial charge in [0.1, 0.15) is 24.3 Å². The van der Waals surface area contributed by atoms with Gasteiger partial charge >= 0.3 is 0 Å². The molecule has 4 aliphatic rings. The number of fused-ring (bicyclic) bond motifs is 6. The topological polar surface area (TPSA) is 66.6 Å². The summed E-state index contributed by atoms with van der Waals surface area (Å²) in [5, 5.41) is 13.2. The lowest BCUT2D eigenvalue weighted by Crippen LogP contribution is -2.19. The van der Waals surface area contributed by atoms with Gasteiger partial charge in [0.15, 0.2) is 5.57 Å². The predicted molar refractivity (Wildman–Crippen MR) is 98.7 cm³/mol. The zero-order valence-corrected chi connectivity index (χ0v) is 14.6. The summed E-state index contributed by atoms with van der Waals surface area (Å²) in [6, 6.07) is 18.9. The average Bonchev–Trinajstić information content (AvgIpc) is 3.41. The lowest BCUT2D eigenvalue weighted by atomic mass is 10.1. The minimum absolute atomic E-state index is 0.0166. The molecule has 0 unspecified atom stereocenters. The number of hydrogen-bond acceptors (Lipinski definition) is 5. The van der Waals surface area contributed by atoms with Crippen molar-refractivity contribution in [1.82, 2.24) is 5.32 Å². The van der Waals surface area contributed by atoms with Crippen molar-refractivity contribution < 1.29 is 9.47 Å². The van der Waals surface area contributed by atoms with Crippen LogP contribution in [0.1, 0.15) is 34.3 Å². The first-order valence-corrected chi connectivity index (χ1v) is 9.30. The van der Waals surface area contributed by atoms with Crippen molar-refractivity contribution in [2.24, 2.45) is 4.99 Å². The van der Waals surface area contributed by atoms with Crippen molar-refractivity contribution in [1.29, 1.82) is 5.26 Å². The molecule has 0 bridgehead atoms. The van der Waals surface area contributed by atoms with Gasteiger partial charge in [-0.1, -0.05) is 48.5 Å². The van der Waals surface area contributed by atoms with Gasteiger partial charge in [0.2, 0.25) is 11.8 Å². The number of benzene rings is 2. The Labute approximate surface area is 156 Å². The van der Waals surface area contributed by atoms with Gasteiger partial charge in [-0.3, -0.25) is 0 Å². The number of aliphatic imine (C=N–C) groups is 1. The highest BCUT2D eigenvalue weighted by Crippen LogP contribution is 2.43. The Balaban J connectivity index is 1.34. The Morgan fingerprint density at radius 3 is 2.48 bits per heavy atom. The Kier molecular flexibility index (Phi) is 2.96. The molecule has 6 rings (SSSR count). The summed E-state index contributed by atoms with van der Waals surface area (Å²) in [7, 11) is 0. The number of rotatable bonds is 1. The number of nitrogens with one attached hydrogen (secondary N) is 1. The van der Waals surface area contributed by atoms with Crippen LogP contribution >= 0.6 is 0 Å². The van der Waals surface area contributed by atoms with Gasteiger partial charge in [-0.15, -0.1) is 0 Å².